The smallest absolute Gasteiger partial charge is 0.338 e. The van der Waals surface area contributed by atoms with E-state index < -0.39 is 5.97 Å². The highest BCUT2D eigenvalue weighted by molar-refractivity contribution is 6.10. The molecule has 3 aliphatic rings. The van der Waals surface area contributed by atoms with Crippen molar-refractivity contribution >= 4 is 22.7 Å². The second-order valence-corrected chi connectivity index (χ2v) is 7.05. The van der Waals surface area contributed by atoms with Gasteiger partial charge in [0.05, 0.1) is 5.56 Å². The van der Waals surface area contributed by atoms with E-state index >= 15 is 0 Å². The Kier molecular flexibility index (Phi) is 3.41. The Bertz CT molecular complexity index is 1280. The SMILES string of the molecule is CC(=O)Oc1cc(-c2c3c(cc4ccc5c(c24)OCO5)C(=O)OC3)cc2c1OCO2. The lowest BCUT2D eigenvalue weighted by Crippen LogP contribution is -2.03. The summed E-state index contributed by atoms with van der Waals surface area (Å²) in [5.41, 5.74) is 2.63. The maximum Gasteiger partial charge on any atom is 0.338 e. The summed E-state index contributed by atoms with van der Waals surface area (Å²) in [6.45, 7) is 1.57. The normalized spacial score (nSPS) is 15.3. The predicted molar refractivity (Wildman–Crippen MR) is 102 cm³/mol. The van der Waals surface area contributed by atoms with E-state index in [0.29, 0.717) is 34.1 Å². The molecule has 0 spiro atoms. The number of carbonyl (C=O) groups excluding carboxylic acids is 2. The lowest BCUT2D eigenvalue weighted by atomic mass is 9.89. The van der Waals surface area contributed by atoms with Gasteiger partial charge in [-0.05, 0) is 35.2 Å². The van der Waals surface area contributed by atoms with E-state index in [1.165, 1.54) is 6.92 Å². The molecule has 3 aliphatic heterocycles. The van der Waals surface area contributed by atoms with Crippen molar-refractivity contribution in [1.29, 1.82) is 0 Å². The fraction of sp³-hybridized carbons (Fsp3) is 0.182. The van der Waals surface area contributed by atoms with Crippen LogP contribution in [0.1, 0.15) is 22.8 Å². The molecule has 3 aromatic carbocycles. The first-order chi connectivity index (χ1) is 14.6. The van der Waals surface area contributed by atoms with Crippen LogP contribution in [0.3, 0.4) is 0 Å². The maximum absolute atomic E-state index is 12.3. The van der Waals surface area contributed by atoms with Crippen LogP contribution in [0.2, 0.25) is 0 Å². The molecule has 0 amide bonds. The third-order valence-corrected chi connectivity index (χ3v) is 5.30. The molecule has 0 aliphatic carbocycles. The highest BCUT2D eigenvalue weighted by Gasteiger charge is 2.32. The Balaban J connectivity index is 1.70. The van der Waals surface area contributed by atoms with E-state index in [4.69, 9.17) is 28.4 Å². The van der Waals surface area contributed by atoms with Crippen LogP contribution in [-0.4, -0.2) is 25.5 Å². The third kappa shape index (κ3) is 2.33. The van der Waals surface area contributed by atoms with Gasteiger partial charge in [0.1, 0.15) is 6.61 Å². The number of benzene rings is 3. The summed E-state index contributed by atoms with van der Waals surface area (Å²) in [6.07, 6.45) is 0. The number of carbonyl (C=O) groups is 2. The first-order valence-corrected chi connectivity index (χ1v) is 9.28. The van der Waals surface area contributed by atoms with Crippen molar-refractivity contribution < 1.29 is 38.0 Å². The van der Waals surface area contributed by atoms with E-state index in [1.54, 1.807) is 18.2 Å². The molecule has 0 N–H and O–H groups in total. The number of hydrogen-bond acceptors (Lipinski definition) is 8. The molecule has 0 bridgehead atoms. The van der Waals surface area contributed by atoms with Gasteiger partial charge >= 0.3 is 11.9 Å². The van der Waals surface area contributed by atoms with Gasteiger partial charge in [0, 0.05) is 23.4 Å². The van der Waals surface area contributed by atoms with Crippen molar-refractivity contribution in [2.24, 2.45) is 0 Å². The molecular formula is C22H14O8. The van der Waals surface area contributed by atoms with Crippen LogP contribution in [0, 0.1) is 0 Å². The van der Waals surface area contributed by atoms with Crippen molar-refractivity contribution in [3.8, 4) is 39.9 Å². The molecular weight excluding hydrogens is 392 g/mol. The van der Waals surface area contributed by atoms with Crippen molar-refractivity contribution in [2.75, 3.05) is 13.6 Å². The quantitative estimate of drug-likeness (QED) is 0.471. The molecule has 0 atom stereocenters. The number of ether oxygens (including phenoxy) is 6. The van der Waals surface area contributed by atoms with Crippen molar-refractivity contribution in [1.82, 2.24) is 0 Å². The molecule has 0 saturated heterocycles. The van der Waals surface area contributed by atoms with E-state index in [9.17, 15) is 9.59 Å². The molecule has 0 radical (unpaired) electrons. The first-order valence-electron chi connectivity index (χ1n) is 9.28. The number of hydrogen-bond donors (Lipinski definition) is 0. The second kappa shape index (κ2) is 6.03. The van der Waals surface area contributed by atoms with Gasteiger partial charge in [-0.3, -0.25) is 4.79 Å². The number of rotatable bonds is 2. The summed E-state index contributed by atoms with van der Waals surface area (Å²) in [4.78, 5) is 24.0. The fourth-order valence-electron chi connectivity index (χ4n) is 4.11. The van der Waals surface area contributed by atoms with Crippen molar-refractivity contribution in [2.45, 2.75) is 13.5 Å². The summed E-state index contributed by atoms with van der Waals surface area (Å²) >= 11 is 0. The van der Waals surface area contributed by atoms with Gasteiger partial charge in [0.25, 0.3) is 0 Å². The standard InChI is InChI=1S/C22H14O8/c1-10(23)30-17-6-12(5-16-20(17)28-9-27-16)18-14-7-25-22(24)13(14)4-11-2-3-15-21(19(11)18)29-8-26-15/h2-6H,7-9H2,1H3. The zero-order valence-electron chi connectivity index (χ0n) is 15.8. The van der Waals surface area contributed by atoms with E-state index in [2.05, 4.69) is 0 Å². The molecule has 0 aromatic heterocycles. The molecule has 3 aromatic rings. The topological polar surface area (TPSA) is 89.5 Å². The minimum atomic E-state index is -0.482. The molecule has 0 unspecified atom stereocenters. The number of fused-ring (bicyclic) bond motifs is 5. The van der Waals surface area contributed by atoms with Crippen LogP contribution in [0.5, 0.6) is 28.7 Å². The second-order valence-electron chi connectivity index (χ2n) is 7.05. The minimum Gasteiger partial charge on any atom is -0.457 e. The Morgan fingerprint density at radius 1 is 0.933 bits per heavy atom. The van der Waals surface area contributed by atoms with Crippen LogP contribution in [-0.2, 0) is 16.1 Å². The van der Waals surface area contributed by atoms with Crippen LogP contribution >= 0.6 is 0 Å². The van der Waals surface area contributed by atoms with Gasteiger partial charge in [-0.1, -0.05) is 6.07 Å². The molecule has 150 valence electrons. The summed E-state index contributed by atoms with van der Waals surface area (Å²) < 4.78 is 33.0. The number of esters is 2. The molecule has 8 heteroatoms. The van der Waals surface area contributed by atoms with Crippen molar-refractivity contribution in [3.05, 3.63) is 41.5 Å². The van der Waals surface area contributed by atoms with Gasteiger partial charge in [-0.15, -0.1) is 0 Å². The largest absolute Gasteiger partial charge is 0.457 e. The van der Waals surface area contributed by atoms with Gasteiger partial charge in [-0.25, -0.2) is 4.79 Å². The molecule has 6 rings (SSSR count). The summed E-state index contributed by atoms with van der Waals surface area (Å²) in [5.74, 6) is 1.41. The Morgan fingerprint density at radius 2 is 1.73 bits per heavy atom. The Morgan fingerprint density at radius 3 is 2.57 bits per heavy atom. The fourth-order valence-corrected chi connectivity index (χ4v) is 4.11. The molecule has 0 saturated carbocycles. The molecule has 3 heterocycles. The Labute approximate surface area is 169 Å². The lowest BCUT2D eigenvalue weighted by molar-refractivity contribution is -0.132. The summed E-state index contributed by atoms with van der Waals surface area (Å²) in [5, 5.41) is 1.59. The maximum atomic E-state index is 12.3. The molecule has 8 nitrogen and oxygen atoms in total. The van der Waals surface area contributed by atoms with Crippen LogP contribution in [0.25, 0.3) is 21.9 Å². The van der Waals surface area contributed by atoms with Gasteiger partial charge in [0.2, 0.25) is 19.3 Å². The average Bonchev–Trinajstić information content (AvgIpc) is 3.45. The van der Waals surface area contributed by atoms with E-state index in [1.807, 2.05) is 12.1 Å². The van der Waals surface area contributed by atoms with E-state index in [0.717, 1.165) is 21.9 Å². The van der Waals surface area contributed by atoms with E-state index in [-0.39, 0.29) is 31.9 Å². The first kappa shape index (κ1) is 17.0. The molecule has 30 heavy (non-hydrogen) atoms. The monoisotopic (exact) mass is 406 g/mol. The zero-order chi connectivity index (χ0) is 20.4. The summed E-state index contributed by atoms with van der Waals surface area (Å²) in [7, 11) is 0. The summed E-state index contributed by atoms with van der Waals surface area (Å²) in [6, 6.07) is 8.97. The highest BCUT2D eigenvalue weighted by atomic mass is 16.7. The predicted octanol–water partition coefficient (Wildman–Crippen LogP) is 3.56. The zero-order valence-corrected chi connectivity index (χ0v) is 15.8. The molecule has 0 fully saturated rings. The average molecular weight is 406 g/mol. The highest BCUT2D eigenvalue weighted by Crippen LogP contribution is 2.51. The minimum absolute atomic E-state index is 0.0225. The van der Waals surface area contributed by atoms with Crippen LogP contribution in [0.4, 0.5) is 0 Å². The van der Waals surface area contributed by atoms with Crippen LogP contribution < -0.4 is 23.7 Å². The van der Waals surface area contributed by atoms with Crippen molar-refractivity contribution in [3.63, 3.8) is 0 Å². The Hall–Kier alpha value is -3.94. The van der Waals surface area contributed by atoms with Gasteiger partial charge < -0.3 is 28.4 Å². The van der Waals surface area contributed by atoms with Gasteiger partial charge in [-0.2, -0.15) is 0 Å². The number of cyclic esters (lactones) is 1. The van der Waals surface area contributed by atoms with Crippen LogP contribution in [0.15, 0.2) is 30.3 Å². The lowest BCUT2D eigenvalue weighted by Gasteiger charge is -2.15. The third-order valence-electron chi connectivity index (χ3n) is 5.30. The van der Waals surface area contributed by atoms with Gasteiger partial charge in [0.15, 0.2) is 23.0 Å².